The number of carbonyl (C=O) groups is 1. The summed E-state index contributed by atoms with van der Waals surface area (Å²) in [7, 11) is 0. The lowest BCUT2D eigenvalue weighted by Crippen LogP contribution is -1.99. The molecule has 0 radical (unpaired) electrons. The molecule has 0 bridgehead atoms. The highest BCUT2D eigenvalue weighted by Gasteiger charge is 2.07. The van der Waals surface area contributed by atoms with Gasteiger partial charge >= 0.3 is 0 Å². The average molecular weight is 278 g/mol. The molecule has 18 heavy (non-hydrogen) atoms. The van der Waals surface area contributed by atoms with Crippen molar-refractivity contribution in [2.24, 2.45) is 0 Å². The van der Waals surface area contributed by atoms with Gasteiger partial charge in [-0.1, -0.05) is 29.4 Å². The van der Waals surface area contributed by atoms with Crippen LogP contribution in [0.3, 0.4) is 0 Å². The first-order chi connectivity index (χ1) is 8.56. The van der Waals surface area contributed by atoms with Gasteiger partial charge in [-0.05, 0) is 43.3 Å². The third-order valence-corrected chi connectivity index (χ3v) is 3.65. The Hall–Kier alpha value is -1.45. The minimum Gasteiger partial charge on any atom is -0.398 e. The minimum absolute atomic E-state index is 0.0268. The molecule has 2 rings (SSSR count). The Kier molecular flexibility index (Phi) is 3.94. The number of ketones is 1. The molecule has 0 unspecified atom stereocenters. The van der Waals surface area contributed by atoms with E-state index in [-0.39, 0.29) is 5.78 Å². The predicted octanol–water partition coefficient (Wildman–Crippen LogP) is 4.28. The first-order valence-electron chi connectivity index (χ1n) is 5.40. The highest BCUT2D eigenvalue weighted by Crippen LogP contribution is 2.31. The van der Waals surface area contributed by atoms with Crippen LogP contribution in [0.5, 0.6) is 0 Å². The average Bonchev–Trinajstić information content (AvgIpc) is 2.31. The Morgan fingerprint density at radius 1 is 1.17 bits per heavy atom. The Morgan fingerprint density at radius 2 is 1.89 bits per heavy atom. The van der Waals surface area contributed by atoms with E-state index in [1.54, 1.807) is 17.8 Å². The van der Waals surface area contributed by atoms with Crippen LogP contribution < -0.4 is 5.73 Å². The highest BCUT2D eigenvalue weighted by atomic mass is 35.5. The molecule has 0 saturated heterocycles. The number of nitrogen functional groups attached to an aromatic ring is 1. The third kappa shape index (κ3) is 3.06. The van der Waals surface area contributed by atoms with Crippen molar-refractivity contribution in [3.63, 3.8) is 0 Å². The molecule has 2 aromatic rings. The fourth-order valence-corrected chi connectivity index (χ4v) is 2.74. The largest absolute Gasteiger partial charge is 0.398 e. The van der Waals surface area contributed by atoms with Gasteiger partial charge in [-0.15, -0.1) is 0 Å². The molecule has 0 atom stereocenters. The molecular formula is C14H12ClNOS. The lowest BCUT2D eigenvalue weighted by Gasteiger charge is -2.06. The fourth-order valence-electron chi connectivity index (χ4n) is 1.57. The standard InChI is InChI=1S/C14H12ClNOS/c1-9(17)13-8-12(5-6-14(13)16)18-11-4-2-3-10(15)7-11/h2-8H,16H2,1H3. The summed E-state index contributed by atoms with van der Waals surface area (Å²) < 4.78 is 0. The first-order valence-corrected chi connectivity index (χ1v) is 6.59. The molecule has 2 nitrogen and oxygen atoms in total. The van der Waals surface area contributed by atoms with E-state index in [0.717, 1.165) is 9.79 Å². The smallest absolute Gasteiger partial charge is 0.161 e. The molecule has 92 valence electrons. The topological polar surface area (TPSA) is 43.1 Å². The van der Waals surface area contributed by atoms with Crippen molar-refractivity contribution >= 4 is 34.8 Å². The van der Waals surface area contributed by atoms with Gasteiger partial charge in [0.1, 0.15) is 0 Å². The molecule has 4 heteroatoms. The van der Waals surface area contributed by atoms with Gasteiger partial charge in [-0.2, -0.15) is 0 Å². The summed E-state index contributed by atoms with van der Waals surface area (Å²) in [5.41, 5.74) is 6.83. The molecule has 0 aliphatic rings. The van der Waals surface area contributed by atoms with E-state index in [0.29, 0.717) is 16.3 Å². The number of carbonyl (C=O) groups excluding carboxylic acids is 1. The molecule has 2 N–H and O–H groups in total. The maximum absolute atomic E-state index is 11.4. The maximum Gasteiger partial charge on any atom is 0.161 e. The zero-order valence-electron chi connectivity index (χ0n) is 9.81. The van der Waals surface area contributed by atoms with Crippen LogP contribution in [0.2, 0.25) is 5.02 Å². The molecule has 0 spiro atoms. The predicted molar refractivity (Wildman–Crippen MR) is 76.4 cm³/mol. The molecule has 0 heterocycles. The first kappa shape index (κ1) is 13.0. The second-order valence-corrected chi connectivity index (χ2v) is 5.45. The van der Waals surface area contributed by atoms with E-state index in [2.05, 4.69) is 0 Å². The van der Waals surface area contributed by atoms with Crippen LogP contribution in [0.15, 0.2) is 52.3 Å². The molecule has 0 aromatic heterocycles. The van der Waals surface area contributed by atoms with E-state index in [1.807, 2.05) is 36.4 Å². The Labute approximate surface area is 115 Å². The number of hydrogen-bond acceptors (Lipinski definition) is 3. The van der Waals surface area contributed by atoms with Crippen LogP contribution >= 0.6 is 23.4 Å². The lowest BCUT2D eigenvalue weighted by atomic mass is 10.1. The van der Waals surface area contributed by atoms with Gasteiger partial charge in [0, 0.05) is 26.1 Å². The summed E-state index contributed by atoms with van der Waals surface area (Å²) in [5.74, 6) is -0.0268. The third-order valence-electron chi connectivity index (χ3n) is 2.44. The molecule has 0 fully saturated rings. The summed E-state index contributed by atoms with van der Waals surface area (Å²) >= 11 is 7.48. The van der Waals surface area contributed by atoms with Crippen LogP contribution in [-0.4, -0.2) is 5.78 Å². The maximum atomic E-state index is 11.4. The Balaban J connectivity index is 2.30. The summed E-state index contributed by atoms with van der Waals surface area (Å²) in [5, 5.41) is 0.697. The molecule has 0 aliphatic heterocycles. The number of benzene rings is 2. The van der Waals surface area contributed by atoms with Crippen LogP contribution in [0.4, 0.5) is 5.69 Å². The van der Waals surface area contributed by atoms with Crippen molar-refractivity contribution in [2.45, 2.75) is 16.7 Å². The van der Waals surface area contributed by atoms with Crippen molar-refractivity contribution in [1.82, 2.24) is 0 Å². The van der Waals surface area contributed by atoms with E-state index in [4.69, 9.17) is 17.3 Å². The van der Waals surface area contributed by atoms with Crippen LogP contribution in [-0.2, 0) is 0 Å². The Morgan fingerprint density at radius 3 is 2.56 bits per heavy atom. The quantitative estimate of drug-likeness (QED) is 0.673. The number of nitrogens with two attached hydrogens (primary N) is 1. The van der Waals surface area contributed by atoms with Gasteiger partial charge in [0.15, 0.2) is 5.78 Å². The molecule has 2 aromatic carbocycles. The van der Waals surface area contributed by atoms with Crippen LogP contribution in [0.1, 0.15) is 17.3 Å². The van der Waals surface area contributed by atoms with Crippen molar-refractivity contribution in [1.29, 1.82) is 0 Å². The van der Waals surface area contributed by atoms with Crippen molar-refractivity contribution in [2.75, 3.05) is 5.73 Å². The number of anilines is 1. The normalized spacial score (nSPS) is 10.3. The number of halogens is 1. The Bertz CT molecular complexity index is 598. The monoisotopic (exact) mass is 277 g/mol. The molecule has 0 amide bonds. The number of Topliss-reactive ketones (excluding diaryl/α,β-unsaturated/α-hetero) is 1. The zero-order chi connectivity index (χ0) is 13.1. The van der Waals surface area contributed by atoms with E-state index in [1.165, 1.54) is 6.92 Å². The van der Waals surface area contributed by atoms with E-state index in [9.17, 15) is 4.79 Å². The van der Waals surface area contributed by atoms with Crippen molar-refractivity contribution < 1.29 is 4.79 Å². The van der Waals surface area contributed by atoms with Gasteiger partial charge in [0.05, 0.1) is 0 Å². The van der Waals surface area contributed by atoms with Crippen molar-refractivity contribution in [3.8, 4) is 0 Å². The van der Waals surface area contributed by atoms with Crippen LogP contribution in [0, 0.1) is 0 Å². The summed E-state index contributed by atoms with van der Waals surface area (Å²) in [4.78, 5) is 13.4. The number of hydrogen-bond donors (Lipinski definition) is 1. The van der Waals surface area contributed by atoms with E-state index >= 15 is 0 Å². The molecule has 0 aliphatic carbocycles. The summed E-state index contributed by atoms with van der Waals surface area (Å²) in [6.07, 6.45) is 0. The zero-order valence-corrected chi connectivity index (χ0v) is 11.4. The fraction of sp³-hybridized carbons (Fsp3) is 0.0714. The van der Waals surface area contributed by atoms with Gasteiger partial charge in [0.2, 0.25) is 0 Å². The van der Waals surface area contributed by atoms with Gasteiger partial charge < -0.3 is 5.73 Å². The summed E-state index contributed by atoms with van der Waals surface area (Å²) in [6, 6.07) is 13.0. The molecular weight excluding hydrogens is 266 g/mol. The SMILES string of the molecule is CC(=O)c1cc(Sc2cccc(Cl)c2)ccc1N. The van der Waals surface area contributed by atoms with Gasteiger partial charge in [0.25, 0.3) is 0 Å². The minimum atomic E-state index is -0.0268. The molecule has 0 saturated carbocycles. The van der Waals surface area contributed by atoms with Crippen molar-refractivity contribution in [3.05, 3.63) is 53.1 Å². The lowest BCUT2D eigenvalue weighted by molar-refractivity contribution is 0.101. The second kappa shape index (κ2) is 5.46. The van der Waals surface area contributed by atoms with E-state index < -0.39 is 0 Å². The number of rotatable bonds is 3. The van der Waals surface area contributed by atoms with Crippen LogP contribution in [0.25, 0.3) is 0 Å². The summed E-state index contributed by atoms with van der Waals surface area (Å²) in [6.45, 7) is 1.51. The second-order valence-electron chi connectivity index (χ2n) is 3.86. The van der Waals surface area contributed by atoms with Gasteiger partial charge in [-0.3, -0.25) is 4.79 Å². The van der Waals surface area contributed by atoms with Gasteiger partial charge in [-0.25, -0.2) is 0 Å². The highest BCUT2D eigenvalue weighted by molar-refractivity contribution is 7.99.